The van der Waals surface area contributed by atoms with Gasteiger partial charge in [-0.1, -0.05) is 41.6 Å². The maximum atomic E-state index is 13.5. The number of hydrazone groups is 1. The van der Waals surface area contributed by atoms with Crippen molar-refractivity contribution < 1.29 is 9.18 Å². The van der Waals surface area contributed by atoms with Gasteiger partial charge >= 0.3 is 0 Å². The lowest BCUT2D eigenvalue weighted by molar-refractivity contribution is -0.118. The molecule has 2 aromatic carbocycles. The first-order valence-corrected chi connectivity index (χ1v) is 9.09. The third-order valence-electron chi connectivity index (χ3n) is 3.80. The first-order valence-electron chi connectivity index (χ1n) is 8.10. The van der Waals surface area contributed by atoms with Crippen molar-refractivity contribution in [3.63, 3.8) is 0 Å². The molecule has 0 unspecified atom stereocenters. The molecular weight excluding hydrogens is 349 g/mol. The Labute approximate surface area is 155 Å². The quantitative estimate of drug-likeness (QED) is 0.417. The first kappa shape index (κ1) is 18.1. The Morgan fingerprint density at radius 3 is 2.85 bits per heavy atom. The SMILES string of the molecule is Cc1ccc2nc(SCC(=O)N/N=C\c3ccccc3F)cc(C)c2c1. The van der Waals surface area contributed by atoms with E-state index in [1.807, 2.05) is 32.0 Å². The fourth-order valence-electron chi connectivity index (χ4n) is 2.48. The van der Waals surface area contributed by atoms with Gasteiger partial charge in [-0.25, -0.2) is 14.8 Å². The van der Waals surface area contributed by atoms with Crippen LogP contribution in [0, 0.1) is 19.7 Å². The van der Waals surface area contributed by atoms with Crippen molar-refractivity contribution in [3.05, 3.63) is 71.0 Å². The summed E-state index contributed by atoms with van der Waals surface area (Å²) in [5.74, 6) is -0.477. The average molecular weight is 367 g/mol. The van der Waals surface area contributed by atoms with Crippen LogP contribution in [0.2, 0.25) is 0 Å². The number of carbonyl (C=O) groups excluding carboxylic acids is 1. The Morgan fingerprint density at radius 2 is 2.04 bits per heavy atom. The number of nitrogens with zero attached hydrogens (tertiary/aromatic N) is 2. The number of nitrogens with one attached hydrogen (secondary N) is 1. The van der Waals surface area contributed by atoms with Crippen LogP contribution in [0.4, 0.5) is 4.39 Å². The minimum atomic E-state index is -0.383. The number of carbonyl (C=O) groups is 1. The zero-order valence-electron chi connectivity index (χ0n) is 14.5. The summed E-state index contributed by atoms with van der Waals surface area (Å²) in [6.45, 7) is 4.08. The van der Waals surface area contributed by atoms with Crippen molar-refractivity contribution >= 4 is 34.8 Å². The molecule has 0 bridgehead atoms. The van der Waals surface area contributed by atoms with Crippen LogP contribution >= 0.6 is 11.8 Å². The van der Waals surface area contributed by atoms with E-state index in [0.717, 1.165) is 21.5 Å². The van der Waals surface area contributed by atoms with E-state index in [9.17, 15) is 9.18 Å². The van der Waals surface area contributed by atoms with Gasteiger partial charge in [0.15, 0.2) is 0 Å². The average Bonchev–Trinajstić information content (AvgIpc) is 2.62. The molecule has 0 aliphatic carbocycles. The van der Waals surface area contributed by atoms with E-state index in [1.165, 1.54) is 29.6 Å². The Balaban J connectivity index is 1.60. The number of fused-ring (bicyclic) bond motifs is 1. The normalized spacial score (nSPS) is 11.2. The number of rotatable bonds is 5. The molecule has 0 radical (unpaired) electrons. The van der Waals surface area contributed by atoms with Crippen molar-refractivity contribution in [1.82, 2.24) is 10.4 Å². The highest BCUT2D eigenvalue weighted by Crippen LogP contribution is 2.24. The van der Waals surface area contributed by atoms with E-state index in [0.29, 0.717) is 5.56 Å². The summed E-state index contributed by atoms with van der Waals surface area (Å²) in [6, 6.07) is 14.3. The highest BCUT2D eigenvalue weighted by atomic mass is 32.2. The predicted octanol–water partition coefficient (Wildman–Crippen LogP) is 4.23. The molecule has 0 aliphatic rings. The highest BCUT2D eigenvalue weighted by Gasteiger charge is 2.07. The Kier molecular flexibility index (Phi) is 5.63. The molecule has 1 amide bonds. The van der Waals surface area contributed by atoms with E-state index in [4.69, 9.17) is 0 Å². The summed E-state index contributed by atoms with van der Waals surface area (Å²) in [7, 11) is 0. The zero-order valence-corrected chi connectivity index (χ0v) is 15.3. The molecule has 3 aromatic rings. The highest BCUT2D eigenvalue weighted by molar-refractivity contribution is 7.99. The molecule has 1 aromatic heterocycles. The summed E-state index contributed by atoms with van der Waals surface area (Å²) >= 11 is 1.34. The number of benzene rings is 2. The molecule has 26 heavy (non-hydrogen) atoms. The van der Waals surface area contributed by atoms with Crippen molar-refractivity contribution in [2.24, 2.45) is 5.10 Å². The molecule has 1 heterocycles. The first-order chi connectivity index (χ1) is 12.5. The lowest BCUT2D eigenvalue weighted by Gasteiger charge is -2.07. The van der Waals surface area contributed by atoms with Gasteiger partial charge < -0.3 is 0 Å². The molecule has 0 aliphatic heterocycles. The van der Waals surface area contributed by atoms with Crippen molar-refractivity contribution in [3.8, 4) is 0 Å². The zero-order chi connectivity index (χ0) is 18.5. The third kappa shape index (κ3) is 4.46. The van der Waals surface area contributed by atoms with Crippen LogP contribution < -0.4 is 5.43 Å². The van der Waals surface area contributed by atoms with Gasteiger partial charge in [0.2, 0.25) is 5.91 Å². The van der Waals surface area contributed by atoms with Gasteiger partial charge in [-0.15, -0.1) is 0 Å². The molecule has 6 heteroatoms. The second-order valence-electron chi connectivity index (χ2n) is 5.90. The number of aryl methyl sites for hydroxylation is 2. The number of hydrogen-bond donors (Lipinski definition) is 1. The van der Waals surface area contributed by atoms with Crippen LogP contribution in [0.15, 0.2) is 58.7 Å². The maximum absolute atomic E-state index is 13.5. The topological polar surface area (TPSA) is 54.4 Å². The molecule has 4 nitrogen and oxygen atoms in total. The summed E-state index contributed by atoms with van der Waals surface area (Å²) in [5.41, 5.74) is 5.95. The standard InChI is InChI=1S/C20H18FN3OS/c1-13-7-8-18-16(9-13)14(2)10-20(23-18)26-12-19(25)24-22-11-15-5-3-4-6-17(15)21/h3-11H,12H2,1-2H3,(H,24,25)/b22-11-. The Bertz CT molecular complexity index is 988. The molecule has 0 saturated heterocycles. The lowest BCUT2D eigenvalue weighted by Crippen LogP contribution is -2.19. The van der Waals surface area contributed by atoms with Gasteiger partial charge in [0, 0.05) is 10.9 Å². The number of amides is 1. The molecule has 1 N–H and O–H groups in total. The van der Waals surface area contributed by atoms with Gasteiger partial charge in [-0.2, -0.15) is 5.10 Å². The summed E-state index contributed by atoms with van der Waals surface area (Å²) < 4.78 is 13.5. The lowest BCUT2D eigenvalue weighted by atomic mass is 10.1. The number of hydrogen-bond acceptors (Lipinski definition) is 4. The molecule has 0 saturated carbocycles. The number of halogens is 1. The van der Waals surface area contributed by atoms with Gasteiger partial charge in [0.05, 0.1) is 22.5 Å². The number of pyridine rings is 1. The smallest absolute Gasteiger partial charge is 0.250 e. The third-order valence-corrected chi connectivity index (χ3v) is 4.71. The molecule has 0 fully saturated rings. The molecule has 3 rings (SSSR count). The van der Waals surface area contributed by atoms with Crippen LogP contribution in [0.5, 0.6) is 0 Å². The molecule has 0 spiro atoms. The van der Waals surface area contributed by atoms with Crippen molar-refractivity contribution in [2.45, 2.75) is 18.9 Å². The van der Waals surface area contributed by atoms with E-state index < -0.39 is 0 Å². The number of thioether (sulfide) groups is 1. The summed E-state index contributed by atoms with van der Waals surface area (Å²) in [6.07, 6.45) is 1.29. The predicted molar refractivity (Wildman–Crippen MR) is 104 cm³/mol. The summed E-state index contributed by atoms with van der Waals surface area (Å²) in [4.78, 5) is 16.5. The maximum Gasteiger partial charge on any atom is 0.250 e. The monoisotopic (exact) mass is 367 g/mol. The van der Waals surface area contributed by atoms with E-state index in [1.54, 1.807) is 18.2 Å². The van der Waals surface area contributed by atoms with E-state index in [2.05, 4.69) is 21.6 Å². The van der Waals surface area contributed by atoms with Gasteiger partial charge in [-0.05, 0) is 43.7 Å². The van der Waals surface area contributed by atoms with Crippen LogP contribution in [0.25, 0.3) is 10.9 Å². The van der Waals surface area contributed by atoms with Gasteiger partial charge in [-0.3, -0.25) is 4.79 Å². The van der Waals surface area contributed by atoms with Crippen molar-refractivity contribution in [2.75, 3.05) is 5.75 Å². The number of aromatic nitrogens is 1. The molecule has 0 atom stereocenters. The van der Waals surface area contributed by atoms with E-state index in [-0.39, 0.29) is 17.5 Å². The van der Waals surface area contributed by atoms with Crippen LogP contribution in [-0.4, -0.2) is 22.9 Å². The molecule has 132 valence electrons. The second kappa shape index (κ2) is 8.10. The summed E-state index contributed by atoms with van der Waals surface area (Å²) in [5, 5.41) is 5.70. The minimum Gasteiger partial charge on any atom is -0.272 e. The second-order valence-corrected chi connectivity index (χ2v) is 6.90. The molecular formula is C20H18FN3OS. The van der Waals surface area contributed by atoms with E-state index >= 15 is 0 Å². The fraction of sp³-hybridized carbons (Fsp3) is 0.150. The Hall–Kier alpha value is -2.73. The largest absolute Gasteiger partial charge is 0.272 e. The van der Waals surface area contributed by atoms with Gasteiger partial charge in [0.1, 0.15) is 5.82 Å². The van der Waals surface area contributed by atoms with Crippen LogP contribution in [0.1, 0.15) is 16.7 Å². The fourth-order valence-corrected chi connectivity index (χ4v) is 3.24. The Morgan fingerprint density at radius 1 is 1.23 bits per heavy atom. The minimum absolute atomic E-state index is 0.179. The van der Waals surface area contributed by atoms with Crippen molar-refractivity contribution in [1.29, 1.82) is 0 Å². The van der Waals surface area contributed by atoms with Crippen LogP contribution in [-0.2, 0) is 4.79 Å². The van der Waals surface area contributed by atoms with Gasteiger partial charge in [0.25, 0.3) is 0 Å². The van der Waals surface area contributed by atoms with Crippen LogP contribution in [0.3, 0.4) is 0 Å².